The van der Waals surface area contributed by atoms with Gasteiger partial charge in [0.2, 0.25) is 5.88 Å². The molecule has 6 heteroatoms. The van der Waals surface area contributed by atoms with Crippen molar-refractivity contribution >= 4 is 6.03 Å². The van der Waals surface area contributed by atoms with Gasteiger partial charge in [0, 0.05) is 24.8 Å². The molecule has 1 saturated heterocycles. The molecule has 1 aromatic rings. The zero-order valence-corrected chi connectivity index (χ0v) is 13.8. The van der Waals surface area contributed by atoms with Crippen molar-refractivity contribution in [3.8, 4) is 5.88 Å². The molecule has 1 N–H and O–H groups in total. The van der Waals surface area contributed by atoms with Crippen LogP contribution in [0.25, 0.3) is 0 Å². The van der Waals surface area contributed by atoms with E-state index in [1.807, 2.05) is 39.8 Å². The Morgan fingerprint density at radius 1 is 1.59 bits per heavy atom. The first-order chi connectivity index (χ1) is 10.4. The van der Waals surface area contributed by atoms with Gasteiger partial charge in [-0.15, -0.1) is 0 Å². The predicted molar refractivity (Wildman–Crippen MR) is 83.8 cm³/mol. The first-order valence-corrected chi connectivity index (χ1v) is 7.68. The fraction of sp³-hybridized carbons (Fsp3) is 0.625. The van der Waals surface area contributed by atoms with E-state index in [4.69, 9.17) is 9.47 Å². The average Bonchev–Trinajstić information content (AvgIpc) is 2.44. The highest BCUT2D eigenvalue weighted by atomic mass is 16.5. The number of amides is 2. The molecule has 1 fully saturated rings. The van der Waals surface area contributed by atoms with E-state index in [0.717, 1.165) is 5.56 Å². The molecule has 1 aliphatic heterocycles. The van der Waals surface area contributed by atoms with Crippen LogP contribution in [-0.4, -0.2) is 47.3 Å². The monoisotopic (exact) mass is 307 g/mol. The number of nitrogens with zero attached hydrogens (tertiary/aromatic N) is 2. The minimum absolute atomic E-state index is 0.0341. The molecular weight excluding hydrogens is 282 g/mol. The topological polar surface area (TPSA) is 63.7 Å². The van der Waals surface area contributed by atoms with E-state index in [-0.39, 0.29) is 17.7 Å². The molecule has 6 nitrogen and oxygen atoms in total. The van der Waals surface area contributed by atoms with Crippen molar-refractivity contribution in [2.24, 2.45) is 0 Å². The van der Waals surface area contributed by atoms with E-state index >= 15 is 0 Å². The molecule has 0 aromatic carbocycles. The third kappa shape index (κ3) is 4.34. The molecule has 0 spiro atoms. The standard InChI is InChI=1S/C16H25N3O3/c1-5-21-14-13(7-6-8-17-14)9-18-15(20)19-10-12(2)22-16(3,4)11-19/h6-8,12H,5,9-11H2,1-4H3,(H,18,20). The lowest BCUT2D eigenvalue weighted by Crippen LogP contribution is -2.56. The van der Waals surface area contributed by atoms with Crippen molar-refractivity contribution in [2.45, 2.75) is 45.9 Å². The lowest BCUT2D eigenvalue weighted by Gasteiger charge is -2.41. The van der Waals surface area contributed by atoms with E-state index in [2.05, 4.69) is 10.3 Å². The van der Waals surface area contributed by atoms with E-state index in [1.165, 1.54) is 0 Å². The fourth-order valence-electron chi connectivity index (χ4n) is 2.72. The Morgan fingerprint density at radius 2 is 2.36 bits per heavy atom. The van der Waals surface area contributed by atoms with Crippen LogP contribution in [0.2, 0.25) is 0 Å². The molecule has 2 amide bonds. The van der Waals surface area contributed by atoms with E-state index in [9.17, 15) is 4.79 Å². The molecule has 1 aromatic heterocycles. The van der Waals surface area contributed by atoms with Crippen LogP contribution in [0.15, 0.2) is 18.3 Å². The number of nitrogens with one attached hydrogen (secondary N) is 1. The van der Waals surface area contributed by atoms with Gasteiger partial charge in [0.1, 0.15) is 0 Å². The smallest absolute Gasteiger partial charge is 0.317 e. The summed E-state index contributed by atoms with van der Waals surface area (Å²) in [6, 6.07) is 3.66. The number of carbonyl (C=O) groups is 1. The number of rotatable bonds is 4. The lowest BCUT2D eigenvalue weighted by molar-refractivity contribution is -0.117. The summed E-state index contributed by atoms with van der Waals surface area (Å²) in [6.07, 6.45) is 1.72. The van der Waals surface area contributed by atoms with Crippen molar-refractivity contribution in [3.63, 3.8) is 0 Å². The Bertz CT molecular complexity index is 519. The van der Waals surface area contributed by atoms with Gasteiger partial charge in [-0.2, -0.15) is 0 Å². The van der Waals surface area contributed by atoms with Gasteiger partial charge < -0.3 is 19.7 Å². The van der Waals surface area contributed by atoms with Gasteiger partial charge in [0.25, 0.3) is 0 Å². The maximum Gasteiger partial charge on any atom is 0.317 e. The van der Waals surface area contributed by atoms with Gasteiger partial charge in [0.15, 0.2) is 0 Å². The molecule has 2 heterocycles. The van der Waals surface area contributed by atoms with Crippen LogP contribution in [0.3, 0.4) is 0 Å². The molecule has 1 atom stereocenters. The number of pyridine rings is 1. The number of hydrogen-bond donors (Lipinski definition) is 1. The van der Waals surface area contributed by atoms with Crippen molar-refractivity contribution in [2.75, 3.05) is 19.7 Å². The van der Waals surface area contributed by atoms with Gasteiger partial charge in [-0.25, -0.2) is 9.78 Å². The Morgan fingerprint density at radius 3 is 3.05 bits per heavy atom. The number of urea groups is 1. The number of aromatic nitrogens is 1. The van der Waals surface area contributed by atoms with Gasteiger partial charge >= 0.3 is 6.03 Å². The summed E-state index contributed by atoms with van der Waals surface area (Å²) in [7, 11) is 0. The minimum Gasteiger partial charge on any atom is -0.478 e. The first-order valence-electron chi connectivity index (χ1n) is 7.68. The second-order valence-corrected chi connectivity index (χ2v) is 6.13. The van der Waals surface area contributed by atoms with Gasteiger partial charge in [-0.05, 0) is 33.8 Å². The molecule has 0 aliphatic carbocycles. The van der Waals surface area contributed by atoms with Crippen molar-refractivity contribution in [3.05, 3.63) is 23.9 Å². The highest BCUT2D eigenvalue weighted by Gasteiger charge is 2.33. The molecule has 0 bridgehead atoms. The van der Waals surface area contributed by atoms with E-state index in [0.29, 0.717) is 32.1 Å². The number of ether oxygens (including phenoxy) is 2. The van der Waals surface area contributed by atoms with Crippen molar-refractivity contribution < 1.29 is 14.3 Å². The van der Waals surface area contributed by atoms with Crippen LogP contribution >= 0.6 is 0 Å². The van der Waals surface area contributed by atoms with Crippen LogP contribution in [0.5, 0.6) is 5.88 Å². The molecule has 1 unspecified atom stereocenters. The molecule has 2 rings (SSSR count). The summed E-state index contributed by atoms with van der Waals surface area (Å²) in [5.74, 6) is 0.570. The molecule has 22 heavy (non-hydrogen) atoms. The summed E-state index contributed by atoms with van der Waals surface area (Å²) in [6.45, 7) is 10.0. The summed E-state index contributed by atoms with van der Waals surface area (Å²) in [5, 5.41) is 2.94. The maximum absolute atomic E-state index is 12.4. The molecule has 0 radical (unpaired) electrons. The van der Waals surface area contributed by atoms with Crippen LogP contribution < -0.4 is 10.1 Å². The van der Waals surface area contributed by atoms with Crippen molar-refractivity contribution in [1.82, 2.24) is 15.2 Å². The van der Waals surface area contributed by atoms with Crippen molar-refractivity contribution in [1.29, 1.82) is 0 Å². The quantitative estimate of drug-likeness (QED) is 0.926. The van der Waals surface area contributed by atoms with E-state index < -0.39 is 0 Å². The van der Waals surface area contributed by atoms with E-state index in [1.54, 1.807) is 11.1 Å². The highest BCUT2D eigenvalue weighted by Crippen LogP contribution is 2.21. The average molecular weight is 307 g/mol. The lowest BCUT2D eigenvalue weighted by atomic mass is 10.1. The minimum atomic E-state index is -0.320. The van der Waals surface area contributed by atoms with Crippen LogP contribution in [0.4, 0.5) is 4.79 Å². The van der Waals surface area contributed by atoms with Crippen LogP contribution in [0.1, 0.15) is 33.3 Å². The maximum atomic E-state index is 12.4. The summed E-state index contributed by atoms with van der Waals surface area (Å²) < 4.78 is 11.3. The summed E-state index contributed by atoms with van der Waals surface area (Å²) in [4.78, 5) is 18.4. The zero-order valence-electron chi connectivity index (χ0n) is 13.8. The molecule has 122 valence electrons. The van der Waals surface area contributed by atoms with Gasteiger partial charge in [-0.3, -0.25) is 0 Å². The Kier molecular flexibility index (Phi) is 5.24. The van der Waals surface area contributed by atoms with Gasteiger partial charge in [0.05, 0.1) is 24.9 Å². The normalized spacial score (nSPS) is 20.5. The predicted octanol–water partition coefficient (Wildman–Crippen LogP) is 2.19. The Hall–Kier alpha value is -1.82. The Labute approximate surface area is 131 Å². The fourth-order valence-corrected chi connectivity index (χ4v) is 2.72. The molecule has 0 saturated carbocycles. The van der Waals surface area contributed by atoms with Crippen LogP contribution in [-0.2, 0) is 11.3 Å². The van der Waals surface area contributed by atoms with Gasteiger partial charge in [-0.1, -0.05) is 6.07 Å². The number of morpholine rings is 1. The zero-order chi connectivity index (χ0) is 16.2. The number of hydrogen-bond acceptors (Lipinski definition) is 4. The second-order valence-electron chi connectivity index (χ2n) is 6.13. The third-order valence-electron chi connectivity index (χ3n) is 3.42. The molecular formula is C16H25N3O3. The molecule has 1 aliphatic rings. The largest absolute Gasteiger partial charge is 0.478 e. The number of carbonyl (C=O) groups excluding carboxylic acids is 1. The second kappa shape index (κ2) is 6.96. The highest BCUT2D eigenvalue weighted by molar-refractivity contribution is 5.74. The summed E-state index contributed by atoms with van der Waals surface area (Å²) in [5.41, 5.74) is 0.554. The Balaban J connectivity index is 1.95. The SMILES string of the molecule is CCOc1ncccc1CNC(=O)N1CC(C)OC(C)(C)C1. The first kappa shape index (κ1) is 16.5. The third-order valence-corrected chi connectivity index (χ3v) is 3.42. The summed E-state index contributed by atoms with van der Waals surface area (Å²) >= 11 is 0. The van der Waals surface area contributed by atoms with Crippen LogP contribution in [0, 0.1) is 0 Å².